The van der Waals surface area contributed by atoms with Gasteiger partial charge in [-0.25, -0.2) is 0 Å². The van der Waals surface area contributed by atoms with Gasteiger partial charge in [0.15, 0.2) is 5.78 Å². The second-order valence-electron chi connectivity index (χ2n) is 5.32. The van der Waals surface area contributed by atoms with Gasteiger partial charge in [-0.3, -0.25) is 4.79 Å². The number of rotatable bonds is 3. The molecule has 1 nitrogen and oxygen atoms in total. The number of ketones is 1. The molecule has 0 amide bonds. The topological polar surface area (TPSA) is 17.1 Å². The summed E-state index contributed by atoms with van der Waals surface area (Å²) in [6.45, 7) is 1.63. The number of Topliss-reactive ketones (excluding diaryl/α,β-unsaturated/α-hetero) is 1. The number of benzene rings is 2. The van der Waals surface area contributed by atoms with Crippen LogP contribution in [0.5, 0.6) is 0 Å². The van der Waals surface area contributed by atoms with E-state index in [4.69, 9.17) is 11.6 Å². The van der Waals surface area contributed by atoms with Gasteiger partial charge < -0.3 is 0 Å². The minimum Gasteiger partial charge on any atom is -0.294 e. The van der Waals surface area contributed by atoms with Crippen LogP contribution in [0.4, 0.5) is 0 Å². The maximum atomic E-state index is 12.0. The smallest absolute Gasteiger partial charge is 0.160 e. The van der Waals surface area contributed by atoms with Gasteiger partial charge in [0, 0.05) is 15.1 Å². The highest BCUT2D eigenvalue weighted by Gasteiger charge is 2.22. The molecule has 1 aliphatic rings. The van der Waals surface area contributed by atoms with E-state index in [1.165, 1.54) is 5.56 Å². The molecule has 0 atom stereocenters. The molecular formula is C19H14BrClO. The Balaban J connectivity index is 1.97. The van der Waals surface area contributed by atoms with E-state index in [9.17, 15) is 4.79 Å². The number of halogens is 2. The molecule has 22 heavy (non-hydrogen) atoms. The fraction of sp³-hybridized carbons (Fsp3) is 0.105. The first kappa shape index (κ1) is 15.3. The lowest BCUT2D eigenvalue weighted by Crippen LogP contribution is -1.95. The molecule has 0 fully saturated rings. The van der Waals surface area contributed by atoms with Gasteiger partial charge in [-0.05, 0) is 59.9 Å². The van der Waals surface area contributed by atoms with Gasteiger partial charge in [0.25, 0.3) is 0 Å². The van der Waals surface area contributed by atoms with Crippen LogP contribution in [0.1, 0.15) is 23.6 Å². The second kappa shape index (κ2) is 6.23. The van der Waals surface area contributed by atoms with E-state index in [1.807, 2.05) is 48.6 Å². The van der Waals surface area contributed by atoms with Crippen LogP contribution in [-0.4, -0.2) is 5.78 Å². The first-order valence-corrected chi connectivity index (χ1v) is 8.18. The molecule has 3 rings (SSSR count). The van der Waals surface area contributed by atoms with Crippen molar-refractivity contribution < 1.29 is 4.79 Å². The first-order chi connectivity index (χ1) is 10.5. The fourth-order valence-corrected chi connectivity index (χ4v) is 3.28. The van der Waals surface area contributed by atoms with Gasteiger partial charge in [0.1, 0.15) is 0 Å². The molecular weight excluding hydrogens is 360 g/mol. The lowest BCUT2D eigenvalue weighted by atomic mass is 10.0. The largest absolute Gasteiger partial charge is 0.294 e. The minimum absolute atomic E-state index is 0.108. The highest BCUT2D eigenvalue weighted by atomic mass is 79.9. The molecule has 0 saturated carbocycles. The molecule has 0 unspecified atom stereocenters. The van der Waals surface area contributed by atoms with Crippen molar-refractivity contribution in [1.29, 1.82) is 0 Å². The van der Waals surface area contributed by atoms with E-state index in [0.717, 1.165) is 38.2 Å². The number of carbonyl (C=O) groups excluding carboxylic acids is 1. The molecule has 0 N–H and O–H groups in total. The predicted molar refractivity (Wildman–Crippen MR) is 95.9 cm³/mol. The number of allylic oxidation sites excluding steroid dienone is 3. The van der Waals surface area contributed by atoms with Crippen LogP contribution in [-0.2, 0) is 11.2 Å². The van der Waals surface area contributed by atoms with Gasteiger partial charge in [-0.1, -0.05) is 57.9 Å². The summed E-state index contributed by atoms with van der Waals surface area (Å²) in [5.41, 5.74) is 5.20. The number of hydrogen-bond donors (Lipinski definition) is 0. The predicted octanol–water partition coefficient (Wildman–Crippen LogP) is 5.71. The maximum absolute atomic E-state index is 12.0. The molecule has 3 heteroatoms. The number of hydrogen-bond acceptors (Lipinski definition) is 1. The van der Waals surface area contributed by atoms with E-state index in [2.05, 4.69) is 22.0 Å². The molecule has 0 aliphatic heterocycles. The molecule has 110 valence electrons. The van der Waals surface area contributed by atoms with Gasteiger partial charge in [-0.15, -0.1) is 0 Å². The lowest BCUT2D eigenvalue weighted by molar-refractivity contribution is -0.111. The van der Waals surface area contributed by atoms with Crippen molar-refractivity contribution in [3.05, 3.63) is 80.3 Å². The van der Waals surface area contributed by atoms with Gasteiger partial charge in [0.2, 0.25) is 0 Å². The standard InChI is InChI=1S/C19H14BrClO/c1-12(22)19-14(5-2-13-3-7-17(21)8-4-13)10-15-11-16(20)6-9-18(15)19/h2-9,11H,10H2,1H3/b5-2+. The van der Waals surface area contributed by atoms with Crippen LogP contribution >= 0.6 is 27.5 Å². The van der Waals surface area contributed by atoms with E-state index in [0.29, 0.717) is 0 Å². The molecule has 0 spiro atoms. The summed E-state index contributed by atoms with van der Waals surface area (Å²) in [6, 6.07) is 13.7. The molecule has 0 heterocycles. The van der Waals surface area contributed by atoms with Crippen molar-refractivity contribution in [3.8, 4) is 0 Å². The Hall–Kier alpha value is -1.64. The van der Waals surface area contributed by atoms with Crippen molar-refractivity contribution in [2.24, 2.45) is 0 Å². The Morgan fingerprint density at radius 3 is 2.55 bits per heavy atom. The van der Waals surface area contributed by atoms with E-state index < -0.39 is 0 Å². The van der Waals surface area contributed by atoms with E-state index in [1.54, 1.807) is 6.92 Å². The highest BCUT2D eigenvalue weighted by molar-refractivity contribution is 9.10. The summed E-state index contributed by atoms with van der Waals surface area (Å²) >= 11 is 9.39. The maximum Gasteiger partial charge on any atom is 0.160 e. The van der Waals surface area contributed by atoms with Crippen LogP contribution in [0.3, 0.4) is 0 Å². The van der Waals surface area contributed by atoms with Crippen LogP contribution in [0.2, 0.25) is 5.02 Å². The Labute approximate surface area is 143 Å². The van der Waals surface area contributed by atoms with Crippen molar-refractivity contribution in [2.75, 3.05) is 0 Å². The van der Waals surface area contributed by atoms with Crippen molar-refractivity contribution in [1.82, 2.24) is 0 Å². The molecule has 0 bridgehead atoms. The third kappa shape index (κ3) is 3.08. The molecule has 0 aromatic heterocycles. The Morgan fingerprint density at radius 2 is 1.86 bits per heavy atom. The number of fused-ring (bicyclic) bond motifs is 1. The average Bonchev–Trinajstić information content (AvgIpc) is 2.84. The molecule has 2 aromatic carbocycles. The number of carbonyl (C=O) groups is 1. The molecule has 0 radical (unpaired) electrons. The zero-order valence-electron chi connectivity index (χ0n) is 12.1. The first-order valence-electron chi connectivity index (χ1n) is 7.01. The van der Waals surface area contributed by atoms with Crippen molar-refractivity contribution >= 4 is 45.0 Å². The van der Waals surface area contributed by atoms with E-state index >= 15 is 0 Å². The highest BCUT2D eigenvalue weighted by Crippen LogP contribution is 2.36. The summed E-state index contributed by atoms with van der Waals surface area (Å²) in [6.07, 6.45) is 4.84. The Morgan fingerprint density at radius 1 is 1.14 bits per heavy atom. The summed E-state index contributed by atoms with van der Waals surface area (Å²) in [7, 11) is 0. The average molecular weight is 374 g/mol. The molecule has 1 aliphatic carbocycles. The molecule has 0 saturated heterocycles. The van der Waals surface area contributed by atoms with Crippen LogP contribution in [0, 0.1) is 0 Å². The molecule has 2 aromatic rings. The van der Waals surface area contributed by atoms with Crippen molar-refractivity contribution in [3.63, 3.8) is 0 Å². The summed E-state index contributed by atoms with van der Waals surface area (Å²) < 4.78 is 1.04. The SMILES string of the molecule is CC(=O)C1=C(/C=C/c2ccc(Cl)cc2)Cc2cc(Br)ccc21. The zero-order valence-corrected chi connectivity index (χ0v) is 14.4. The zero-order chi connectivity index (χ0) is 15.7. The fourth-order valence-electron chi connectivity index (χ4n) is 2.75. The lowest BCUT2D eigenvalue weighted by Gasteiger charge is -2.02. The summed E-state index contributed by atoms with van der Waals surface area (Å²) in [4.78, 5) is 12.0. The van der Waals surface area contributed by atoms with Crippen LogP contribution in [0.25, 0.3) is 11.6 Å². The van der Waals surface area contributed by atoms with Crippen LogP contribution < -0.4 is 0 Å². The van der Waals surface area contributed by atoms with Gasteiger partial charge >= 0.3 is 0 Å². The Bertz CT molecular complexity index is 801. The van der Waals surface area contributed by atoms with Gasteiger partial charge in [-0.2, -0.15) is 0 Å². The Kier molecular flexibility index (Phi) is 4.32. The van der Waals surface area contributed by atoms with Gasteiger partial charge in [0.05, 0.1) is 0 Å². The van der Waals surface area contributed by atoms with Crippen molar-refractivity contribution in [2.45, 2.75) is 13.3 Å². The minimum atomic E-state index is 0.108. The normalized spacial score (nSPS) is 13.8. The summed E-state index contributed by atoms with van der Waals surface area (Å²) in [5, 5.41) is 0.721. The quantitative estimate of drug-likeness (QED) is 0.673. The third-order valence-electron chi connectivity index (χ3n) is 3.74. The van der Waals surface area contributed by atoms with E-state index in [-0.39, 0.29) is 5.78 Å². The van der Waals surface area contributed by atoms with Crippen LogP contribution in [0.15, 0.2) is 58.6 Å². The summed E-state index contributed by atoms with van der Waals surface area (Å²) in [5.74, 6) is 0.108. The second-order valence-corrected chi connectivity index (χ2v) is 6.67. The third-order valence-corrected chi connectivity index (χ3v) is 4.48. The monoisotopic (exact) mass is 372 g/mol.